The third kappa shape index (κ3) is 6.62. The van der Waals surface area contributed by atoms with E-state index < -0.39 is 12.3 Å². The van der Waals surface area contributed by atoms with E-state index in [1.807, 2.05) is 31.2 Å². The molecule has 2 aromatic rings. The summed E-state index contributed by atoms with van der Waals surface area (Å²) in [5.74, 6) is 0.684. The van der Waals surface area contributed by atoms with Gasteiger partial charge in [-0.15, -0.1) is 24.8 Å². The van der Waals surface area contributed by atoms with E-state index in [0.717, 1.165) is 37.3 Å². The standard InChI is InChI=1S/C24H29N3O2.2ClH/c1-18(12-13-25)21-9-5-7-11-23(21)29-24(20(3)28)27-16-14-26(15-17-27)22-10-6-4-8-19(22)2;;/h4-12,20,24,28H,14-17H2,1-3H3;2*1H/b18-12-;;. The second-order valence-corrected chi connectivity index (χ2v) is 7.51. The van der Waals surface area contributed by atoms with Gasteiger partial charge in [0, 0.05) is 43.5 Å². The fourth-order valence-corrected chi connectivity index (χ4v) is 3.81. The Kier molecular flexibility index (Phi) is 10.9. The lowest BCUT2D eigenvalue weighted by Crippen LogP contribution is -2.55. The summed E-state index contributed by atoms with van der Waals surface area (Å²) in [6.07, 6.45) is 0.430. The van der Waals surface area contributed by atoms with Crippen molar-refractivity contribution >= 4 is 36.1 Å². The number of halogens is 2. The minimum absolute atomic E-state index is 0. The highest BCUT2D eigenvalue weighted by atomic mass is 35.5. The van der Waals surface area contributed by atoms with Gasteiger partial charge < -0.3 is 14.7 Å². The van der Waals surface area contributed by atoms with Gasteiger partial charge in [0.1, 0.15) is 11.9 Å². The van der Waals surface area contributed by atoms with Gasteiger partial charge in [0.05, 0.1) is 6.07 Å². The third-order valence-corrected chi connectivity index (χ3v) is 5.38. The van der Waals surface area contributed by atoms with E-state index >= 15 is 0 Å². The van der Waals surface area contributed by atoms with Crippen molar-refractivity contribution in [3.05, 3.63) is 65.7 Å². The number of hydrogen-bond donors (Lipinski definition) is 1. The van der Waals surface area contributed by atoms with Crippen molar-refractivity contribution in [3.63, 3.8) is 0 Å². The van der Waals surface area contributed by atoms with Gasteiger partial charge in [-0.2, -0.15) is 5.26 Å². The Balaban J connectivity index is 0.00000240. The minimum atomic E-state index is -0.645. The molecule has 3 rings (SSSR count). The maximum Gasteiger partial charge on any atom is 0.178 e. The maximum atomic E-state index is 10.4. The number of aliphatic hydroxyl groups excluding tert-OH is 1. The summed E-state index contributed by atoms with van der Waals surface area (Å²) < 4.78 is 6.29. The molecule has 1 aliphatic heterocycles. The van der Waals surface area contributed by atoms with E-state index in [-0.39, 0.29) is 24.8 Å². The minimum Gasteiger partial charge on any atom is -0.472 e. The molecule has 0 aromatic heterocycles. The van der Waals surface area contributed by atoms with Crippen molar-refractivity contribution in [1.82, 2.24) is 4.90 Å². The molecule has 1 fully saturated rings. The van der Waals surface area contributed by atoms with E-state index in [2.05, 4.69) is 47.1 Å². The van der Waals surface area contributed by atoms with Crippen LogP contribution >= 0.6 is 24.8 Å². The van der Waals surface area contributed by atoms with Gasteiger partial charge in [-0.25, -0.2) is 0 Å². The van der Waals surface area contributed by atoms with Crippen LogP contribution in [0.2, 0.25) is 0 Å². The largest absolute Gasteiger partial charge is 0.472 e. The predicted molar refractivity (Wildman–Crippen MR) is 131 cm³/mol. The number of rotatable bonds is 6. The summed E-state index contributed by atoms with van der Waals surface area (Å²) in [6.45, 7) is 9.16. The second kappa shape index (κ2) is 12.6. The molecule has 31 heavy (non-hydrogen) atoms. The lowest BCUT2D eigenvalue weighted by molar-refractivity contribution is -0.0603. The van der Waals surface area contributed by atoms with Gasteiger partial charge in [0.25, 0.3) is 0 Å². The molecular formula is C24H31Cl2N3O2. The summed E-state index contributed by atoms with van der Waals surface area (Å²) in [6, 6.07) is 18.2. The summed E-state index contributed by atoms with van der Waals surface area (Å²) in [5.41, 5.74) is 4.26. The van der Waals surface area contributed by atoms with Crippen molar-refractivity contribution < 1.29 is 9.84 Å². The Morgan fingerprint density at radius 2 is 1.68 bits per heavy atom. The van der Waals surface area contributed by atoms with E-state index in [9.17, 15) is 5.11 Å². The summed E-state index contributed by atoms with van der Waals surface area (Å²) >= 11 is 0. The van der Waals surface area contributed by atoms with Gasteiger partial charge in [0.15, 0.2) is 6.23 Å². The zero-order chi connectivity index (χ0) is 20.8. The number of nitriles is 1. The Morgan fingerprint density at radius 1 is 1.06 bits per heavy atom. The summed E-state index contributed by atoms with van der Waals surface area (Å²) in [7, 11) is 0. The molecule has 1 aliphatic rings. The monoisotopic (exact) mass is 463 g/mol. The Hall–Kier alpha value is -2.23. The van der Waals surface area contributed by atoms with E-state index in [0.29, 0.717) is 5.75 Å². The molecule has 1 N–H and O–H groups in total. The first-order chi connectivity index (χ1) is 14.0. The van der Waals surface area contributed by atoms with E-state index in [1.165, 1.54) is 17.3 Å². The molecule has 1 saturated heterocycles. The molecule has 0 amide bonds. The molecule has 168 valence electrons. The molecule has 0 bridgehead atoms. The average molecular weight is 464 g/mol. The van der Waals surface area contributed by atoms with Crippen molar-refractivity contribution in [3.8, 4) is 11.8 Å². The topological polar surface area (TPSA) is 59.7 Å². The van der Waals surface area contributed by atoms with E-state index in [1.54, 1.807) is 6.92 Å². The number of piperazine rings is 1. The van der Waals surface area contributed by atoms with Crippen LogP contribution in [-0.2, 0) is 0 Å². The van der Waals surface area contributed by atoms with Crippen molar-refractivity contribution in [1.29, 1.82) is 5.26 Å². The highest BCUT2D eigenvalue weighted by molar-refractivity contribution is 5.85. The Labute approximate surface area is 197 Å². The Bertz CT molecular complexity index is 904. The molecule has 5 nitrogen and oxygen atoms in total. The number of anilines is 1. The first-order valence-electron chi connectivity index (χ1n) is 10.1. The zero-order valence-corrected chi connectivity index (χ0v) is 19.8. The molecule has 0 aliphatic carbocycles. The summed E-state index contributed by atoms with van der Waals surface area (Å²) in [4.78, 5) is 4.58. The molecule has 2 aromatic carbocycles. The number of para-hydroxylation sites is 2. The number of aryl methyl sites for hydroxylation is 1. The van der Waals surface area contributed by atoms with Gasteiger partial charge in [0.2, 0.25) is 0 Å². The van der Waals surface area contributed by atoms with Gasteiger partial charge >= 0.3 is 0 Å². The average Bonchev–Trinajstić information content (AvgIpc) is 2.73. The summed E-state index contributed by atoms with van der Waals surface area (Å²) in [5, 5.41) is 19.4. The van der Waals surface area contributed by atoms with Crippen LogP contribution in [-0.4, -0.2) is 48.5 Å². The molecule has 0 radical (unpaired) electrons. The highest BCUT2D eigenvalue weighted by Crippen LogP contribution is 2.28. The first kappa shape index (κ1) is 26.8. The van der Waals surface area contributed by atoms with Gasteiger partial charge in [-0.3, -0.25) is 4.90 Å². The predicted octanol–water partition coefficient (Wildman–Crippen LogP) is 4.67. The lowest BCUT2D eigenvalue weighted by Gasteiger charge is -2.41. The van der Waals surface area contributed by atoms with Crippen molar-refractivity contribution in [2.45, 2.75) is 33.1 Å². The second-order valence-electron chi connectivity index (χ2n) is 7.51. The smallest absolute Gasteiger partial charge is 0.178 e. The number of aliphatic hydroxyl groups is 1. The quantitative estimate of drug-likeness (QED) is 0.630. The number of nitrogens with zero attached hydrogens (tertiary/aromatic N) is 3. The molecule has 0 saturated carbocycles. The maximum absolute atomic E-state index is 10.4. The number of ether oxygens (including phenoxy) is 1. The van der Waals surface area contributed by atoms with Gasteiger partial charge in [-0.05, 0) is 44.0 Å². The van der Waals surface area contributed by atoms with E-state index in [4.69, 9.17) is 10.00 Å². The molecular weight excluding hydrogens is 433 g/mol. The fourth-order valence-electron chi connectivity index (χ4n) is 3.81. The molecule has 2 atom stereocenters. The van der Waals surface area contributed by atoms with Crippen LogP contribution in [0.1, 0.15) is 25.0 Å². The molecule has 2 unspecified atom stereocenters. The molecule has 1 heterocycles. The molecule has 7 heteroatoms. The SMILES string of the molecule is C/C(=C/C#N)c1ccccc1OC(C(C)O)N1CCN(c2ccccc2C)CC1.Cl.Cl. The number of allylic oxidation sites excluding steroid dienone is 2. The molecule has 0 spiro atoms. The van der Waals surface area contributed by atoms with Crippen LogP contribution in [0, 0.1) is 18.3 Å². The zero-order valence-electron chi connectivity index (χ0n) is 18.2. The number of hydrogen-bond acceptors (Lipinski definition) is 5. The Morgan fingerprint density at radius 3 is 2.29 bits per heavy atom. The van der Waals surface area contributed by atoms with Crippen LogP contribution in [0.4, 0.5) is 5.69 Å². The highest BCUT2D eigenvalue weighted by Gasteiger charge is 2.29. The van der Waals surface area contributed by atoms with Crippen LogP contribution in [0.3, 0.4) is 0 Å². The van der Waals surface area contributed by atoms with Crippen molar-refractivity contribution in [2.75, 3.05) is 31.1 Å². The van der Waals surface area contributed by atoms with Crippen LogP contribution < -0.4 is 9.64 Å². The fraction of sp³-hybridized carbons (Fsp3) is 0.375. The van der Waals surface area contributed by atoms with Crippen LogP contribution in [0.15, 0.2) is 54.6 Å². The number of benzene rings is 2. The first-order valence-corrected chi connectivity index (χ1v) is 10.1. The van der Waals surface area contributed by atoms with Crippen LogP contribution in [0.5, 0.6) is 5.75 Å². The lowest BCUT2D eigenvalue weighted by atomic mass is 10.1. The van der Waals surface area contributed by atoms with Gasteiger partial charge in [-0.1, -0.05) is 36.4 Å². The normalized spacial score (nSPS) is 16.4. The van der Waals surface area contributed by atoms with Crippen LogP contribution in [0.25, 0.3) is 5.57 Å². The third-order valence-electron chi connectivity index (χ3n) is 5.38. The van der Waals surface area contributed by atoms with Crippen molar-refractivity contribution in [2.24, 2.45) is 0 Å².